The van der Waals surface area contributed by atoms with Crippen LogP contribution < -0.4 is 9.64 Å². The van der Waals surface area contributed by atoms with Crippen molar-refractivity contribution in [3.63, 3.8) is 0 Å². The topological polar surface area (TPSA) is 28.6 Å². The molecular weight excluding hydrogens is 366 g/mol. The van der Waals surface area contributed by atoms with Crippen LogP contribution in [0.25, 0.3) is 10.2 Å². The molecule has 0 amide bonds. The SMILES string of the molecule is Cc1cccc(OCCCN2CCCC(N(C)c3nc4ccccc4s3)C2)c1. The number of hydrogen-bond acceptors (Lipinski definition) is 5. The van der Waals surface area contributed by atoms with Crippen LogP contribution >= 0.6 is 11.3 Å². The number of benzene rings is 2. The summed E-state index contributed by atoms with van der Waals surface area (Å²) in [6, 6.07) is 17.2. The number of nitrogens with zero attached hydrogens (tertiary/aromatic N) is 3. The van der Waals surface area contributed by atoms with E-state index in [0.29, 0.717) is 6.04 Å². The summed E-state index contributed by atoms with van der Waals surface area (Å²) in [5.74, 6) is 0.979. The average Bonchev–Trinajstić information content (AvgIpc) is 3.15. The van der Waals surface area contributed by atoms with Gasteiger partial charge in [-0.15, -0.1) is 0 Å². The number of ether oxygens (including phenoxy) is 1. The van der Waals surface area contributed by atoms with E-state index in [1.54, 1.807) is 11.3 Å². The van der Waals surface area contributed by atoms with Crippen molar-refractivity contribution in [2.75, 3.05) is 38.2 Å². The number of para-hydroxylation sites is 1. The number of fused-ring (bicyclic) bond motifs is 1. The Morgan fingerprint density at radius 1 is 1.21 bits per heavy atom. The number of rotatable bonds is 7. The van der Waals surface area contributed by atoms with E-state index >= 15 is 0 Å². The second kappa shape index (κ2) is 8.93. The molecule has 4 rings (SSSR count). The quantitative estimate of drug-likeness (QED) is 0.528. The summed E-state index contributed by atoms with van der Waals surface area (Å²) in [5, 5.41) is 1.14. The van der Waals surface area contributed by atoms with Crippen LogP contribution in [0.2, 0.25) is 0 Å². The summed E-state index contributed by atoms with van der Waals surface area (Å²) in [7, 11) is 2.20. The van der Waals surface area contributed by atoms with Gasteiger partial charge in [-0.05, 0) is 62.6 Å². The van der Waals surface area contributed by atoms with Crippen molar-refractivity contribution >= 4 is 26.7 Å². The highest BCUT2D eigenvalue weighted by Gasteiger charge is 2.24. The van der Waals surface area contributed by atoms with Crippen LogP contribution in [0.15, 0.2) is 48.5 Å². The minimum Gasteiger partial charge on any atom is -0.494 e. The molecule has 1 aliphatic heterocycles. The van der Waals surface area contributed by atoms with E-state index in [2.05, 4.69) is 66.2 Å². The third kappa shape index (κ3) is 4.65. The summed E-state index contributed by atoms with van der Waals surface area (Å²) in [5.41, 5.74) is 2.35. The summed E-state index contributed by atoms with van der Waals surface area (Å²) in [4.78, 5) is 9.80. The number of hydrogen-bond donors (Lipinski definition) is 0. The van der Waals surface area contributed by atoms with Crippen molar-refractivity contribution < 1.29 is 4.74 Å². The first-order valence-electron chi connectivity index (χ1n) is 10.2. The Bertz CT molecular complexity index is 877. The number of thiazole rings is 1. The van der Waals surface area contributed by atoms with Crippen LogP contribution in [0.5, 0.6) is 5.75 Å². The number of piperidine rings is 1. The second-order valence-electron chi connectivity index (χ2n) is 7.69. The van der Waals surface area contributed by atoms with Gasteiger partial charge >= 0.3 is 0 Å². The molecule has 1 unspecified atom stereocenters. The van der Waals surface area contributed by atoms with Crippen molar-refractivity contribution in [1.29, 1.82) is 0 Å². The lowest BCUT2D eigenvalue weighted by molar-refractivity contribution is 0.188. The van der Waals surface area contributed by atoms with Gasteiger partial charge in [0.05, 0.1) is 16.8 Å². The fourth-order valence-corrected chi connectivity index (χ4v) is 4.90. The number of likely N-dealkylation sites (N-methyl/N-ethyl adjacent to an activating group) is 1. The molecule has 2 aromatic carbocycles. The molecule has 0 N–H and O–H groups in total. The van der Waals surface area contributed by atoms with Crippen LogP contribution in [0.4, 0.5) is 5.13 Å². The standard InChI is InChI=1S/C23H29N3OS/c1-18-8-5-10-20(16-18)27-15-7-14-26-13-6-9-19(17-26)25(2)23-24-21-11-3-4-12-22(21)28-23/h3-5,8,10-12,16,19H,6-7,9,13-15,17H2,1-2H3. The molecule has 0 aliphatic carbocycles. The first-order chi connectivity index (χ1) is 13.7. The van der Waals surface area contributed by atoms with Gasteiger partial charge in [-0.25, -0.2) is 4.98 Å². The highest BCUT2D eigenvalue weighted by molar-refractivity contribution is 7.22. The van der Waals surface area contributed by atoms with Gasteiger partial charge in [-0.2, -0.15) is 0 Å². The third-order valence-electron chi connectivity index (χ3n) is 5.49. The number of aryl methyl sites for hydroxylation is 1. The molecule has 148 valence electrons. The second-order valence-corrected chi connectivity index (χ2v) is 8.70. The van der Waals surface area contributed by atoms with E-state index in [9.17, 15) is 0 Å². The molecule has 4 nitrogen and oxygen atoms in total. The predicted octanol–water partition coefficient (Wildman–Crippen LogP) is 4.97. The smallest absolute Gasteiger partial charge is 0.186 e. The number of anilines is 1. The van der Waals surface area contributed by atoms with Crippen LogP contribution in [0.1, 0.15) is 24.8 Å². The van der Waals surface area contributed by atoms with Crippen molar-refractivity contribution in [2.45, 2.75) is 32.2 Å². The molecule has 0 radical (unpaired) electrons. The van der Waals surface area contributed by atoms with Crippen LogP contribution in [0, 0.1) is 6.92 Å². The Balaban J connectivity index is 1.27. The van der Waals surface area contributed by atoms with E-state index in [0.717, 1.165) is 42.5 Å². The first-order valence-corrected chi connectivity index (χ1v) is 11.0. The van der Waals surface area contributed by atoms with E-state index in [1.165, 1.54) is 29.6 Å². The molecule has 1 aliphatic rings. The number of aromatic nitrogens is 1. The van der Waals surface area contributed by atoms with E-state index < -0.39 is 0 Å². The zero-order valence-corrected chi connectivity index (χ0v) is 17.6. The molecule has 0 saturated carbocycles. The minimum absolute atomic E-state index is 0.534. The van der Waals surface area contributed by atoms with Crippen molar-refractivity contribution in [1.82, 2.24) is 9.88 Å². The molecule has 3 aromatic rings. The molecule has 0 spiro atoms. The van der Waals surface area contributed by atoms with E-state index in [1.807, 2.05) is 6.07 Å². The van der Waals surface area contributed by atoms with Crippen LogP contribution in [-0.4, -0.2) is 49.2 Å². The first kappa shape index (κ1) is 19.2. The fourth-order valence-electron chi connectivity index (χ4n) is 3.90. The Kier molecular flexibility index (Phi) is 6.13. The molecule has 1 saturated heterocycles. The van der Waals surface area contributed by atoms with E-state index in [-0.39, 0.29) is 0 Å². The Morgan fingerprint density at radius 2 is 2.11 bits per heavy atom. The van der Waals surface area contributed by atoms with Gasteiger partial charge in [-0.3, -0.25) is 0 Å². The van der Waals surface area contributed by atoms with Crippen LogP contribution in [0.3, 0.4) is 0 Å². The molecule has 5 heteroatoms. The monoisotopic (exact) mass is 395 g/mol. The van der Waals surface area contributed by atoms with Gasteiger partial charge in [0.25, 0.3) is 0 Å². The molecule has 1 atom stereocenters. The zero-order valence-electron chi connectivity index (χ0n) is 16.8. The minimum atomic E-state index is 0.534. The fraction of sp³-hybridized carbons (Fsp3) is 0.435. The van der Waals surface area contributed by atoms with E-state index in [4.69, 9.17) is 9.72 Å². The maximum Gasteiger partial charge on any atom is 0.186 e. The summed E-state index contributed by atoms with van der Waals surface area (Å²) < 4.78 is 7.18. The molecular formula is C23H29N3OS. The van der Waals surface area contributed by atoms with Crippen molar-refractivity contribution in [2.24, 2.45) is 0 Å². The Morgan fingerprint density at radius 3 is 2.96 bits per heavy atom. The zero-order chi connectivity index (χ0) is 19.3. The lowest BCUT2D eigenvalue weighted by atomic mass is 10.0. The molecule has 28 heavy (non-hydrogen) atoms. The van der Waals surface area contributed by atoms with Gasteiger partial charge in [0.15, 0.2) is 5.13 Å². The van der Waals surface area contributed by atoms with Gasteiger partial charge in [-0.1, -0.05) is 35.6 Å². The lowest BCUT2D eigenvalue weighted by Crippen LogP contribution is -2.47. The molecule has 1 aromatic heterocycles. The van der Waals surface area contributed by atoms with Gasteiger partial charge in [0, 0.05) is 26.2 Å². The van der Waals surface area contributed by atoms with Gasteiger partial charge < -0.3 is 14.5 Å². The average molecular weight is 396 g/mol. The molecule has 2 heterocycles. The Labute approximate surface area is 171 Å². The summed E-state index contributed by atoms with van der Waals surface area (Å²) in [6.45, 7) is 6.27. The predicted molar refractivity (Wildman–Crippen MR) is 119 cm³/mol. The summed E-state index contributed by atoms with van der Waals surface area (Å²) in [6.07, 6.45) is 3.55. The van der Waals surface area contributed by atoms with Crippen molar-refractivity contribution in [3.8, 4) is 5.75 Å². The third-order valence-corrected chi connectivity index (χ3v) is 6.62. The normalized spacial score (nSPS) is 17.7. The number of likely N-dealkylation sites (tertiary alicyclic amines) is 1. The van der Waals surface area contributed by atoms with Gasteiger partial charge in [0.2, 0.25) is 0 Å². The maximum absolute atomic E-state index is 5.91. The molecule has 0 bridgehead atoms. The maximum atomic E-state index is 5.91. The van der Waals surface area contributed by atoms with Gasteiger partial charge in [0.1, 0.15) is 5.75 Å². The highest BCUT2D eigenvalue weighted by atomic mass is 32.1. The largest absolute Gasteiger partial charge is 0.494 e. The van der Waals surface area contributed by atoms with Crippen molar-refractivity contribution in [3.05, 3.63) is 54.1 Å². The Hall–Kier alpha value is -2.11. The summed E-state index contributed by atoms with van der Waals surface area (Å²) >= 11 is 1.80. The van der Waals surface area contributed by atoms with Crippen LogP contribution in [-0.2, 0) is 0 Å². The lowest BCUT2D eigenvalue weighted by Gasteiger charge is -2.37. The highest BCUT2D eigenvalue weighted by Crippen LogP contribution is 2.30. The molecule has 1 fully saturated rings.